The fraction of sp³-hybridized carbons (Fsp3) is 0.276. The van der Waals surface area contributed by atoms with Crippen LogP contribution in [0.25, 0.3) is 10.9 Å². The van der Waals surface area contributed by atoms with Gasteiger partial charge in [-0.15, -0.1) is 11.3 Å². The molecule has 4 aromatic rings. The molecule has 0 unspecified atom stereocenters. The monoisotopic (exact) mass is 499 g/mol. The smallest absolute Gasteiger partial charge is 0.269 e. The van der Waals surface area contributed by atoms with Gasteiger partial charge < -0.3 is 10.1 Å². The van der Waals surface area contributed by atoms with Crippen LogP contribution in [-0.4, -0.2) is 29.9 Å². The van der Waals surface area contributed by atoms with Gasteiger partial charge in [-0.3, -0.25) is 19.5 Å². The summed E-state index contributed by atoms with van der Waals surface area (Å²) < 4.78 is 5.46. The Bertz CT molecular complexity index is 1350. The third kappa shape index (κ3) is 5.11. The van der Waals surface area contributed by atoms with Crippen molar-refractivity contribution in [1.82, 2.24) is 10.3 Å². The lowest BCUT2D eigenvalue weighted by molar-refractivity contribution is -0.123. The van der Waals surface area contributed by atoms with E-state index in [9.17, 15) is 9.59 Å². The number of hydrogen-bond donors (Lipinski definition) is 1. The highest BCUT2D eigenvalue weighted by atomic mass is 32.1. The normalized spacial score (nSPS) is 14.8. The summed E-state index contributed by atoms with van der Waals surface area (Å²) in [5, 5.41) is 6.06. The molecule has 36 heavy (non-hydrogen) atoms. The molecule has 0 aliphatic heterocycles. The second kappa shape index (κ2) is 10.9. The quantitative estimate of drug-likeness (QED) is 0.331. The van der Waals surface area contributed by atoms with Crippen LogP contribution < -0.4 is 15.0 Å². The van der Waals surface area contributed by atoms with Gasteiger partial charge in [0.25, 0.3) is 5.91 Å². The molecule has 7 heteroatoms. The van der Waals surface area contributed by atoms with Crippen LogP contribution in [0.2, 0.25) is 0 Å². The highest BCUT2D eigenvalue weighted by molar-refractivity contribution is 7.12. The number of carbonyl (C=O) groups is 2. The zero-order valence-corrected chi connectivity index (χ0v) is 21.0. The van der Waals surface area contributed by atoms with Crippen LogP contribution in [0.1, 0.15) is 53.4 Å². The molecule has 5 rings (SSSR count). The lowest BCUT2D eigenvalue weighted by Gasteiger charge is -2.33. The van der Waals surface area contributed by atoms with Gasteiger partial charge >= 0.3 is 0 Å². The first kappa shape index (κ1) is 24.0. The molecule has 2 heterocycles. The van der Waals surface area contributed by atoms with Crippen molar-refractivity contribution < 1.29 is 14.3 Å². The molecule has 2 aromatic carbocycles. The first-order valence-electron chi connectivity index (χ1n) is 12.3. The Labute approximate surface area is 214 Å². The molecule has 0 radical (unpaired) electrons. The van der Waals surface area contributed by atoms with E-state index in [1.54, 1.807) is 30.3 Å². The van der Waals surface area contributed by atoms with Crippen LogP contribution in [0.5, 0.6) is 5.75 Å². The second-order valence-corrected chi connectivity index (χ2v) is 10.0. The number of nitrogens with one attached hydrogen (secondary N) is 1. The van der Waals surface area contributed by atoms with E-state index in [4.69, 9.17) is 4.74 Å². The molecule has 0 spiro atoms. The number of nitrogens with zero attached hydrogens (tertiary/aromatic N) is 2. The summed E-state index contributed by atoms with van der Waals surface area (Å²) in [5.41, 5.74) is 2.17. The number of anilines is 1. The molecule has 2 aromatic heterocycles. The summed E-state index contributed by atoms with van der Waals surface area (Å²) in [4.78, 5) is 34.6. The van der Waals surface area contributed by atoms with Crippen molar-refractivity contribution in [2.75, 3.05) is 12.0 Å². The molecular formula is C29H29N3O3S. The number of benzene rings is 2. The lowest BCUT2D eigenvalue weighted by Crippen LogP contribution is -2.47. The fourth-order valence-electron chi connectivity index (χ4n) is 4.87. The summed E-state index contributed by atoms with van der Waals surface area (Å²) in [7, 11) is 1.59. The predicted molar refractivity (Wildman–Crippen MR) is 144 cm³/mol. The zero-order chi connectivity index (χ0) is 24.9. The fourth-order valence-corrected chi connectivity index (χ4v) is 5.53. The first-order chi connectivity index (χ1) is 17.6. The molecular weight excluding hydrogens is 470 g/mol. The summed E-state index contributed by atoms with van der Waals surface area (Å²) in [6.07, 6.45) is 7.06. The van der Waals surface area contributed by atoms with Crippen LogP contribution in [-0.2, 0) is 4.79 Å². The molecule has 1 fully saturated rings. The number of fused-ring (bicyclic) bond motifs is 1. The second-order valence-electron chi connectivity index (χ2n) is 9.06. The molecule has 2 amide bonds. The molecule has 6 nitrogen and oxygen atoms in total. The Morgan fingerprint density at radius 2 is 1.89 bits per heavy atom. The van der Waals surface area contributed by atoms with Gasteiger partial charge in [0.05, 0.1) is 17.5 Å². The molecule has 0 bridgehead atoms. The number of pyridine rings is 1. The number of carbonyl (C=O) groups excluding carboxylic acids is 2. The van der Waals surface area contributed by atoms with Crippen LogP contribution in [0.4, 0.5) is 5.69 Å². The maximum atomic E-state index is 14.0. The molecule has 1 saturated carbocycles. The Balaban J connectivity index is 1.64. The third-order valence-corrected chi connectivity index (χ3v) is 7.54. The van der Waals surface area contributed by atoms with E-state index < -0.39 is 6.04 Å². The van der Waals surface area contributed by atoms with Gasteiger partial charge in [0.15, 0.2) is 0 Å². The highest BCUT2D eigenvalue weighted by Crippen LogP contribution is 2.34. The molecule has 1 aliphatic carbocycles. The number of aromatic nitrogens is 1. The summed E-state index contributed by atoms with van der Waals surface area (Å²) in [6, 6.07) is 19.8. The molecule has 1 atom stereocenters. The number of ether oxygens (including phenoxy) is 1. The van der Waals surface area contributed by atoms with E-state index >= 15 is 0 Å². The minimum Gasteiger partial charge on any atom is -0.497 e. The van der Waals surface area contributed by atoms with Gasteiger partial charge in [-0.2, -0.15) is 0 Å². The Kier molecular flexibility index (Phi) is 7.28. The minimum absolute atomic E-state index is 0.111. The number of rotatable bonds is 7. The molecule has 1 N–H and O–H groups in total. The maximum absolute atomic E-state index is 14.0. The van der Waals surface area contributed by atoms with Gasteiger partial charge in [0, 0.05) is 29.4 Å². The van der Waals surface area contributed by atoms with Gasteiger partial charge in [-0.25, -0.2) is 0 Å². The van der Waals surface area contributed by atoms with E-state index in [0.717, 1.165) is 42.1 Å². The summed E-state index contributed by atoms with van der Waals surface area (Å²) >= 11 is 1.36. The van der Waals surface area contributed by atoms with Crippen LogP contribution in [0.3, 0.4) is 0 Å². The van der Waals surface area contributed by atoms with Gasteiger partial charge in [0.2, 0.25) is 5.91 Å². The average Bonchev–Trinajstić information content (AvgIpc) is 3.47. The van der Waals surface area contributed by atoms with E-state index in [1.807, 2.05) is 60.0 Å². The highest BCUT2D eigenvalue weighted by Gasteiger charge is 2.35. The SMILES string of the molecule is COc1cccc(N(C(=O)c2cccs2)[C@H](C(=O)NC2CCCCC2)c2ccc3ncccc3c2)c1. The van der Waals surface area contributed by atoms with Gasteiger partial charge in [-0.05, 0) is 60.2 Å². The topological polar surface area (TPSA) is 71.5 Å². The van der Waals surface area contributed by atoms with Gasteiger partial charge in [0.1, 0.15) is 11.8 Å². The Morgan fingerprint density at radius 3 is 2.67 bits per heavy atom. The third-order valence-electron chi connectivity index (χ3n) is 6.68. The lowest BCUT2D eigenvalue weighted by atomic mass is 9.94. The Morgan fingerprint density at radius 1 is 1.03 bits per heavy atom. The number of methoxy groups -OCH3 is 1. The molecule has 184 valence electrons. The standard InChI is InChI=1S/C29H29N3O3S/c1-35-24-12-5-11-23(19-24)32(29(34)26-13-7-17-36-26)27(28(33)31-22-9-3-2-4-10-22)21-14-15-25-20(18-21)8-6-16-30-25/h5-8,11-19,22,27H,2-4,9-10H2,1H3,(H,31,33)/t27-/m0/s1. The van der Waals surface area contributed by atoms with E-state index in [2.05, 4.69) is 10.3 Å². The van der Waals surface area contributed by atoms with E-state index in [0.29, 0.717) is 16.3 Å². The number of thiophene rings is 1. The van der Waals surface area contributed by atoms with Crippen LogP contribution in [0.15, 0.2) is 78.3 Å². The van der Waals surface area contributed by atoms with E-state index in [1.165, 1.54) is 17.8 Å². The Hall–Kier alpha value is -3.71. The minimum atomic E-state index is -0.863. The van der Waals surface area contributed by atoms with Crippen molar-refractivity contribution in [3.05, 3.63) is 88.7 Å². The van der Waals surface area contributed by atoms with Crippen LogP contribution >= 0.6 is 11.3 Å². The van der Waals surface area contributed by atoms with Crippen molar-refractivity contribution in [3.8, 4) is 5.75 Å². The molecule has 0 saturated heterocycles. The number of hydrogen-bond acceptors (Lipinski definition) is 5. The van der Waals surface area contributed by atoms with Crippen molar-refractivity contribution in [2.45, 2.75) is 44.2 Å². The first-order valence-corrected chi connectivity index (χ1v) is 13.2. The van der Waals surface area contributed by atoms with Crippen molar-refractivity contribution >= 4 is 39.7 Å². The molecule has 1 aliphatic rings. The summed E-state index contributed by atoms with van der Waals surface area (Å²) in [6.45, 7) is 0. The average molecular weight is 500 g/mol. The van der Waals surface area contributed by atoms with Gasteiger partial charge in [-0.1, -0.05) is 43.5 Å². The predicted octanol–water partition coefficient (Wildman–Crippen LogP) is 6.14. The van der Waals surface area contributed by atoms with E-state index in [-0.39, 0.29) is 17.9 Å². The van der Waals surface area contributed by atoms with Crippen LogP contribution in [0, 0.1) is 0 Å². The zero-order valence-electron chi connectivity index (χ0n) is 20.2. The maximum Gasteiger partial charge on any atom is 0.269 e. The summed E-state index contributed by atoms with van der Waals surface area (Å²) in [5.74, 6) is 0.205. The van der Waals surface area contributed by atoms with Crippen molar-refractivity contribution in [3.63, 3.8) is 0 Å². The van der Waals surface area contributed by atoms with Crippen molar-refractivity contribution in [1.29, 1.82) is 0 Å². The van der Waals surface area contributed by atoms with Crippen molar-refractivity contribution in [2.24, 2.45) is 0 Å². The largest absolute Gasteiger partial charge is 0.497 e. The number of amides is 2.